The summed E-state index contributed by atoms with van der Waals surface area (Å²) in [6, 6.07) is 16.0. The number of benzene rings is 2. The number of fused-ring (bicyclic) bond motifs is 2. The Morgan fingerprint density at radius 2 is 1.12 bits per heavy atom. The maximum absolute atomic E-state index is 11.8. The van der Waals surface area contributed by atoms with Crippen LogP contribution in [0.5, 0.6) is 0 Å². The Kier molecular flexibility index (Phi) is 10.9. The van der Waals surface area contributed by atoms with E-state index in [0.29, 0.717) is 26.2 Å². The Morgan fingerprint density at radius 1 is 0.729 bits per heavy atom. The van der Waals surface area contributed by atoms with E-state index in [1.54, 1.807) is 13.8 Å². The molecule has 4 N–H and O–H groups in total. The van der Waals surface area contributed by atoms with E-state index in [-0.39, 0.29) is 37.1 Å². The molecule has 0 radical (unpaired) electrons. The number of aryl methyl sites for hydroxylation is 2. The molecule has 0 bridgehead atoms. The molecule has 48 heavy (non-hydrogen) atoms. The van der Waals surface area contributed by atoms with Crippen LogP contribution in [0.15, 0.2) is 48.5 Å². The first-order chi connectivity index (χ1) is 23.0. The first-order valence-corrected chi connectivity index (χ1v) is 16.6. The molecule has 4 heterocycles. The van der Waals surface area contributed by atoms with E-state index < -0.39 is 0 Å². The molecule has 6 rings (SSSR count). The lowest BCUT2D eigenvalue weighted by Gasteiger charge is -2.27. The average molecular weight is 657 g/mol. The fourth-order valence-electron chi connectivity index (χ4n) is 6.23. The van der Waals surface area contributed by atoms with Gasteiger partial charge in [-0.1, -0.05) is 24.3 Å². The van der Waals surface area contributed by atoms with Gasteiger partial charge in [-0.2, -0.15) is 10.2 Å². The van der Waals surface area contributed by atoms with Crippen molar-refractivity contribution >= 4 is 34.8 Å². The Balaban J connectivity index is 0.000000188. The number of nitrogens with one attached hydrogen (secondary N) is 2. The number of hydrogen-bond acceptors (Lipinski definition) is 8. The van der Waals surface area contributed by atoms with Crippen LogP contribution in [-0.4, -0.2) is 77.7 Å². The molecule has 2 aliphatic rings. The highest BCUT2D eigenvalue weighted by Crippen LogP contribution is 2.32. The summed E-state index contributed by atoms with van der Waals surface area (Å²) >= 11 is 0. The van der Waals surface area contributed by atoms with Gasteiger partial charge in [0.2, 0.25) is 11.8 Å². The number of anilines is 4. The van der Waals surface area contributed by atoms with Gasteiger partial charge in [0.1, 0.15) is 0 Å². The maximum atomic E-state index is 11.8. The normalized spacial score (nSPS) is 15.1. The van der Waals surface area contributed by atoms with Gasteiger partial charge in [-0.15, -0.1) is 0 Å². The van der Waals surface area contributed by atoms with Crippen LogP contribution in [0.25, 0.3) is 0 Å². The minimum atomic E-state index is -0.0873. The monoisotopic (exact) mass is 656 g/mol. The maximum Gasteiger partial charge on any atom is 0.219 e. The smallest absolute Gasteiger partial charge is 0.219 e. The van der Waals surface area contributed by atoms with E-state index in [9.17, 15) is 19.8 Å². The highest BCUT2D eigenvalue weighted by Gasteiger charge is 2.29. The Hall–Kier alpha value is -4.68. The summed E-state index contributed by atoms with van der Waals surface area (Å²) in [6.45, 7) is 13.7. The second kappa shape index (κ2) is 15.0. The minimum absolute atomic E-state index is 0.0361. The van der Waals surface area contributed by atoms with Gasteiger partial charge in [-0.3, -0.25) is 19.0 Å². The summed E-state index contributed by atoms with van der Waals surface area (Å²) in [5, 5.41) is 35.2. The van der Waals surface area contributed by atoms with E-state index in [0.717, 1.165) is 58.4 Å². The zero-order valence-electron chi connectivity index (χ0n) is 28.8. The number of carbonyl (C=O) groups excluding carboxylic acids is 2. The predicted octanol–water partition coefficient (Wildman–Crippen LogP) is 4.79. The number of amides is 2. The number of rotatable bonds is 8. The predicted molar refractivity (Wildman–Crippen MR) is 187 cm³/mol. The van der Waals surface area contributed by atoms with Crippen LogP contribution in [0.4, 0.5) is 23.0 Å². The average Bonchev–Trinajstić information content (AvgIpc) is 3.61. The van der Waals surface area contributed by atoms with Gasteiger partial charge in [0.15, 0.2) is 11.6 Å². The third-order valence-electron chi connectivity index (χ3n) is 8.99. The van der Waals surface area contributed by atoms with Gasteiger partial charge < -0.3 is 30.6 Å². The second-order valence-corrected chi connectivity index (χ2v) is 12.9. The Bertz CT molecular complexity index is 1630. The Labute approximate surface area is 282 Å². The second-order valence-electron chi connectivity index (χ2n) is 12.9. The molecule has 2 atom stereocenters. The van der Waals surface area contributed by atoms with Gasteiger partial charge in [-0.25, -0.2) is 0 Å². The Morgan fingerprint density at radius 3 is 1.46 bits per heavy atom. The van der Waals surface area contributed by atoms with E-state index in [4.69, 9.17) is 0 Å². The van der Waals surface area contributed by atoms with Gasteiger partial charge in [0, 0.05) is 73.7 Å². The zero-order chi connectivity index (χ0) is 34.5. The number of aromatic nitrogens is 4. The summed E-state index contributed by atoms with van der Waals surface area (Å²) in [5.41, 5.74) is 8.56. The standard InChI is InChI=1S/2C18H24N4O2/c2*1-12-5-4-6-15(9-12)19-18-16-10-21(14(3)24)8-7-17(16)22(20-18)13(2)11-23/h2*4-6,9,13,23H,7-8,10-11H2,1-3H3,(H,19,20)/t2*13-/m10/s1. The van der Waals surface area contributed by atoms with Crippen molar-refractivity contribution in [2.75, 3.05) is 36.9 Å². The van der Waals surface area contributed by atoms with E-state index in [1.165, 1.54) is 11.1 Å². The van der Waals surface area contributed by atoms with Crippen molar-refractivity contribution in [3.05, 3.63) is 82.2 Å². The number of carbonyl (C=O) groups is 2. The number of nitrogens with zero attached hydrogens (tertiary/aromatic N) is 6. The van der Waals surface area contributed by atoms with Crippen molar-refractivity contribution in [1.29, 1.82) is 0 Å². The van der Waals surface area contributed by atoms with Crippen LogP contribution in [0.1, 0.15) is 73.4 Å². The molecule has 12 heteroatoms. The van der Waals surface area contributed by atoms with Gasteiger partial charge >= 0.3 is 0 Å². The molecule has 2 amide bonds. The van der Waals surface area contributed by atoms with Crippen LogP contribution in [0.2, 0.25) is 0 Å². The van der Waals surface area contributed by atoms with E-state index in [1.807, 2.05) is 83.3 Å². The quantitative estimate of drug-likeness (QED) is 0.212. The summed E-state index contributed by atoms with van der Waals surface area (Å²) < 4.78 is 3.79. The molecule has 2 aromatic heterocycles. The molecular weight excluding hydrogens is 608 g/mol. The number of aliphatic hydroxyl groups excluding tert-OH is 2. The van der Waals surface area contributed by atoms with Crippen molar-refractivity contribution in [1.82, 2.24) is 29.4 Å². The van der Waals surface area contributed by atoms with Crippen LogP contribution in [0.3, 0.4) is 0 Å². The molecule has 0 unspecified atom stereocenters. The van der Waals surface area contributed by atoms with Crippen LogP contribution < -0.4 is 10.6 Å². The van der Waals surface area contributed by atoms with Gasteiger partial charge in [0.05, 0.1) is 38.4 Å². The van der Waals surface area contributed by atoms with Crippen LogP contribution >= 0.6 is 0 Å². The minimum Gasteiger partial charge on any atom is -0.394 e. The van der Waals surface area contributed by atoms with Crippen LogP contribution in [-0.2, 0) is 35.5 Å². The van der Waals surface area contributed by atoms with Crippen molar-refractivity contribution < 1.29 is 19.8 Å². The molecule has 2 aromatic carbocycles. The fraction of sp³-hybridized carbons (Fsp3) is 0.444. The zero-order valence-corrected chi connectivity index (χ0v) is 28.8. The third-order valence-corrected chi connectivity index (χ3v) is 8.99. The first-order valence-electron chi connectivity index (χ1n) is 16.6. The third kappa shape index (κ3) is 7.71. The summed E-state index contributed by atoms with van der Waals surface area (Å²) in [7, 11) is 0. The lowest BCUT2D eigenvalue weighted by Crippen LogP contribution is -2.35. The summed E-state index contributed by atoms with van der Waals surface area (Å²) in [6.07, 6.45) is 1.50. The number of hydrogen-bond donors (Lipinski definition) is 4. The summed E-state index contributed by atoms with van der Waals surface area (Å²) in [5.74, 6) is 1.68. The van der Waals surface area contributed by atoms with Crippen molar-refractivity contribution in [3.8, 4) is 0 Å². The van der Waals surface area contributed by atoms with E-state index >= 15 is 0 Å². The molecule has 0 aliphatic carbocycles. The number of aliphatic hydroxyl groups is 2. The SMILES string of the molecule is CC(=O)N1CCc2c(c(Nc3cccc(C)c3)nn2[C@@H](C)CO)C1.CC(=O)N1CCc2c(c(Nc3cccc(C)c3)nn2[C@H](C)CO)C1. The molecule has 4 aromatic rings. The van der Waals surface area contributed by atoms with Gasteiger partial charge in [0.25, 0.3) is 0 Å². The van der Waals surface area contributed by atoms with Gasteiger partial charge in [-0.05, 0) is 63.1 Å². The fourth-order valence-corrected chi connectivity index (χ4v) is 6.23. The van der Waals surface area contributed by atoms with Crippen molar-refractivity contribution in [2.45, 2.75) is 79.6 Å². The topological polar surface area (TPSA) is 141 Å². The van der Waals surface area contributed by atoms with Crippen LogP contribution in [0, 0.1) is 13.8 Å². The lowest BCUT2D eigenvalue weighted by molar-refractivity contribution is -0.130. The first kappa shape index (κ1) is 34.6. The molecular formula is C36H48N8O4. The summed E-state index contributed by atoms with van der Waals surface area (Å²) in [4.78, 5) is 27.2. The largest absolute Gasteiger partial charge is 0.394 e. The molecule has 12 nitrogen and oxygen atoms in total. The molecule has 0 fully saturated rings. The highest BCUT2D eigenvalue weighted by atomic mass is 16.3. The molecule has 256 valence electrons. The highest BCUT2D eigenvalue weighted by molar-refractivity contribution is 5.75. The molecule has 0 spiro atoms. The van der Waals surface area contributed by atoms with Crippen molar-refractivity contribution in [2.24, 2.45) is 0 Å². The molecule has 0 saturated heterocycles. The lowest BCUT2D eigenvalue weighted by atomic mass is 10.1. The molecule has 0 saturated carbocycles. The molecule has 2 aliphatic heterocycles. The van der Waals surface area contributed by atoms with Crippen molar-refractivity contribution in [3.63, 3.8) is 0 Å². The van der Waals surface area contributed by atoms with E-state index in [2.05, 4.69) is 33.0 Å².